The third kappa shape index (κ3) is 3.67. The lowest BCUT2D eigenvalue weighted by Crippen LogP contribution is -2.34. The highest BCUT2D eigenvalue weighted by Crippen LogP contribution is 2.43. The second kappa shape index (κ2) is 8.21. The first-order valence-corrected chi connectivity index (χ1v) is 9.70. The maximum atomic E-state index is 13.8. The van der Waals surface area contributed by atoms with Gasteiger partial charge in [-0.25, -0.2) is 4.39 Å². The van der Waals surface area contributed by atoms with Gasteiger partial charge in [0.1, 0.15) is 5.82 Å². The molecule has 0 radical (unpaired) electrons. The highest BCUT2D eigenvalue weighted by atomic mass is 35.5. The Morgan fingerprint density at radius 1 is 1.32 bits per heavy atom. The Bertz CT molecular complexity index is 868. The van der Waals surface area contributed by atoms with Crippen LogP contribution in [0.3, 0.4) is 0 Å². The molecule has 1 N–H and O–H groups in total. The third-order valence-corrected chi connectivity index (χ3v) is 6.32. The van der Waals surface area contributed by atoms with Gasteiger partial charge < -0.3 is 10.2 Å². The zero-order valence-corrected chi connectivity index (χ0v) is 17.4. The lowest BCUT2D eigenvalue weighted by molar-refractivity contribution is -0.132. The molecule has 7 heteroatoms. The van der Waals surface area contributed by atoms with Crippen LogP contribution in [0.4, 0.5) is 4.39 Å². The quantitative estimate of drug-likeness (QED) is 0.849. The number of halogens is 2. The van der Waals surface area contributed by atoms with Gasteiger partial charge in [-0.1, -0.05) is 12.1 Å². The zero-order chi connectivity index (χ0) is 19.1. The molecule has 1 aromatic carbocycles. The summed E-state index contributed by atoms with van der Waals surface area (Å²) in [6, 6.07) is 6.70. The molecule has 2 saturated heterocycles. The standard InChI is InChI=1S/C21H27FN4O.ClH/c1-13-18(14(2)25(3)24-13)7-8-20(27)26-12-16-10-23-11-19(16)21(26)15-5-4-6-17(22)9-15;/h4-6,9,16,19,21,23H,7-8,10-12H2,1-3H3;1H/t16-,19-,21+;/m0./s1. The van der Waals surface area contributed by atoms with Crippen LogP contribution in [0.15, 0.2) is 24.3 Å². The van der Waals surface area contributed by atoms with E-state index in [1.54, 1.807) is 12.1 Å². The van der Waals surface area contributed by atoms with E-state index in [-0.39, 0.29) is 30.2 Å². The maximum absolute atomic E-state index is 13.8. The minimum Gasteiger partial charge on any atom is -0.335 e. The first-order chi connectivity index (χ1) is 13.0. The number of nitrogens with one attached hydrogen (secondary N) is 1. The molecule has 0 spiro atoms. The van der Waals surface area contributed by atoms with Crippen LogP contribution in [0, 0.1) is 31.5 Å². The molecule has 0 bridgehead atoms. The van der Waals surface area contributed by atoms with Gasteiger partial charge in [-0.05, 0) is 49.4 Å². The van der Waals surface area contributed by atoms with E-state index in [1.807, 2.05) is 36.5 Å². The van der Waals surface area contributed by atoms with Crippen molar-refractivity contribution in [3.8, 4) is 0 Å². The number of rotatable bonds is 4. The molecule has 0 aliphatic carbocycles. The number of likely N-dealkylation sites (tertiary alicyclic amines) is 1. The van der Waals surface area contributed by atoms with Gasteiger partial charge in [0, 0.05) is 44.7 Å². The maximum Gasteiger partial charge on any atom is 0.223 e. The van der Waals surface area contributed by atoms with E-state index in [9.17, 15) is 9.18 Å². The van der Waals surface area contributed by atoms with E-state index in [0.29, 0.717) is 24.7 Å². The van der Waals surface area contributed by atoms with E-state index >= 15 is 0 Å². The van der Waals surface area contributed by atoms with Crippen LogP contribution in [0.25, 0.3) is 0 Å². The SMILES string of the molecule is Cc1nn(C)c(C)c1CCC(=O)N1C[C@@H]2CNC[C@@H]2[C@H]1c1cccc(F)c1.Cl. The van der Waals surface area contributed by atoms with Crippen molar-refractivity contribution in [1.29, 1.82) is 0 Å². The highest BCUT2D eigenvalue weighted by molar-refractivity contribution is 5.85. The van der Waals surface area contributed by atoms with Gasteiger partial charge >= 0.3 is 0 Å². The van der Waals surface area contributed by atoms with Gasteiger partial charge in [0.2, 0.25) is 5.91 Å². The summed E-state index contributed by atoms with van der Waals surface area (Å²) in [6.45, 7) is 6.61. The van der Waals surface area contributed by atoms with Gasteiger partial charge in [-0.3, -0.25) is 9.48 Å². The van der Waals surface area contributed by atoms with Gasteiger partial charge in [0.15, 0.2) is 0 Å². The number of aryl methyl sites for hydroxylation is 2. The number of fused-ring (bicyclic) bond motifs is 1. The van der Waals surface area contributed by atoms with Crippen molar-refractivity contribution in [2.75, 3.05) is 19.6 Å². The first kappa shape index (κ1) is 20.8. The predicted octanol–water partition coefficient (Wildman–Crippen LogP) is 2.95. The molecule has 2 aliphatic rings. The number of amides is 1. The van der Waals surface area contributed by atoms with Crippen LogP contribution < -0.4 is 5.32 Å². The molecule has 1 amide bonds. The highest BCUT2D eigenvalue weighted by Gasteiger charge is 2.46. The molecule has 4 rings (SSSR count). The summed E-state index contributed by atoms with van der Waals surface area (Å²) in [4.78, 5) is 15.1. The number of hydrogen-bond donors (Lipinski definition) is 1. The lowest BCUT2D eigenvalue weighted by Gasteiger charge is -2.28. The van der Waals surface area contributed by atoms with E-state index < -0.39 is 0 Å². The van der Waals surface area contributed by atoms with Crippen molar-refractivity contribution in [3.63, 3.8) is 0 Å². The second-order valence-corrected chi connectivity index (χ2v) is 7.90. The fourth-order valence-corrected chi connectivity index (χ4v) is 4.85. The Morgan fingerprint density at radius 3 is 2.79 bits per heavy atom. The Balaban J connectivity index is 0.00000225. The Morgan fingerprint density at radius 2 is 2.11 bits per heavy atom. The fraction of sp³-hybridized carbons (Fsp3) is 0.524. The average molecular weight is 407 g/mol. The molecule has 3 heterocycles. The zero-order valence-electron chi connectivity index (χ0n) is 16.6. The molecule has 1 aromatic heterocycles. The van der Waals surface area contributed by atoms with Crippen LogP contribution in [0.1, 0.15) is 35.0 Å². The van der Waals surface area contributed by atoms with Gasteiger partial charge in [0.05, 0.1) is 11.7 Å². The summed E-state index contributed by atoms with van der Waals surface area (Å²) in [5.74, 6) is 0.721. The summed E-state index contributed by atoms with van der Waals surface area (Å²) in [6.07, 6.45) is 1.16. The van der Waals surface area contributed by atoms with Crippen molar-refractivity contribution < 1.29 is 9.18 Å². The molecule has 0 unspecified atom stereocenters. The fourth-order valence-electron chi connectivity index (χ4n) is 4.85. The van der Waals surface area contributed by atoms with Gasteiger partial charge in [0.25, 0.3) is 0 Å². The molecule has 3 atom stereocenters. The van der Waals surface area contributed by atoms with Crippen molar-refractivity contribution in [2.24, 2.45) is 18.9 Å². The molecular formula is C21H28ClFN4O. The van der Waals surface area contributed by atoms with Crippen molar-refractivity contribution in [2.45, 2.75) is 32.7 Å². The normalized spacial score (nSPS) is 23.6. The molecule has 5 nitrogen and oxygen atoms in total. The molecule has 2 aliphatic heterocycles. The predicted molar refractivity (Wildman–Crippen MR) is 109 cm³/mol. The summed E-state index contributed by atoms with van der Waals surface area (Å²) in [5.41, 5.74) is 4.18. The molecular weight excluding hydrogens is 379 g/mol. The molecule has 28 heavy (non-hydrogen) atoms. The van der Waals surface area contributed by atoms with E-state index in [0.717, 1.165) is 42.1 Å². The number of carbonyl (C=O) groups is 1. The molecule has 2 fully saturated rings. The van der Waals surface area contributed by atoms with Crippen molar-refractivity contribution in [3.05, 3.63) is 52.6 Å². The molecule has 2 aromatic rings. The number of carbonyl (C=O) groups excluding carboxylic acids is 1. The minimum absolute atomic E-state index is 0. The van der Waals surface area contributed by atoms with E-state index in [4.69, 9.17) is 0 Å². The van der Waals surface area contributed by atoms with Crippen LogP contribution in [-0.4, -0.2) is 40.2 Å². The Hall–Kier alpha value is -1.92. The van der Waals surface area contributed by atoms with E-state index in [2.05, 4.69) is 10.4 Å². The number of aromatic nitrogens is 2. The third-order valence-electron chi connectivity index (χ3n) is 6.32. The minimum atomic E-state index is -0.240. The van der Waals surface area contributed by atoms with Crippen molar-refractivity contribution >= 4 is 18.3 Å². The first-order valence-electron chi connectivity index (χ1n) is 9.70. The van der Waals surface area contributed by atoms with Crippen LogP contribution in [0.5, 0.6) is 0 Å². The number of benzene rings is 1. The molecule has 0 saturated carbocycles. The second-order valence-electron chi connectivity index (χ2n) is 7.90. The summed E-state index contributed by atoms with van der Waals surface area (Å²) >= 11 is 0. The van der Waals surface area contributed by atoms with Gasteiger partial charge in [-0.2, -0.15) is 5.10 Å². The smallest absolute Gasteiger partial charge is 0.223 e. The van der Waals surface area contributed by atoms with Crippen LogP contribution >= 0.6 is 12.4 Å². The number of nitrogens with zero attached hydrogens (tertiary/aromatic N) is 3. The van der Waals surface area contributed by atoms with Gasteiger partial charge in [-0.15, -0.1) is 12.4 Å². The largest absolute Gasteiger partial charge is 0.335 e. The topological polar surface area (TPSA) is 50.2 Å². The molecule has 152 valence electrons. The average Bonchev–Trinajstić information content (AvgIpc) is 3.27. The van der Waals surface area contributed by atoms with Crippen LogP contribution in [0.2, 0.25) is 0 Å². The Labute approximate surface area is 171 Å². The van der Waals surface area contributed by atoms with Crippen molar-refractivity contribution in [1.82, 2.24) is 20.0 Å². The van der Waals surface area contributed by atoms with E-state index in [1.165, 1.54) is 6.07 Å². The lowest BCUT2D eigenvalue weighted by atomic mass is 9.89. The monoisotopic (exact) mass is 406 g/mol. The number of hydrogen-bond acceptors (Lipinski definition) is 3. The summed E-state index contributed by atoms with van der Waals surface area (Å²) in [5, 5.41) is 7.88. The Kier molecular flexibility index (Phi) is 6.10. The van der Waals surface area contributed by atoms with Crippen LogP contribution in [-0.2, 0) is 18.3 Å². The summed E-state index contributed by atoms with van der Waals surface area (Å²) < 4.78 is 15.7. The summed E-state index contributed by atoms with van der Waals surface area (Å²) in [7, 11) is 1.93.